The van der Waals surface area contributed by atoms with Gasteiger partial charge in [-0.15, -0.1) is 11.3 Å². The maximum Gasteiger partial charge on any atom is 0.410 e. The molecule has 2 saturated heterocycles. The molecule has 1 aromatic rings. The molecule has 1 aliphatic carbocycles. The van der Waals surface area contributed by atoms with Crippen molar-refractivity contribution in [3.05, 3.63) is 17.5 Å². The summed E-state index contributed by atoms with van der Waals surface area (Å²) in [5, 5.41) is 5.46. The van der Waals surface area contributed by atoms with E-state index in [9.17, 15) is 13.2 Å². The van der Waals surface area contributed by atoms with Crippen LogP contribution in [-0.2, 0) is 19.5 Å². The van der Waals surface area contributed by atoms with Crippen LogP contribution in [0.4, 0.5) is 4.79 Å². The first-order chi connectivity index (χ1) is 15.1. The van der Waals surface area contributed by atoms with Gasteiger partial charge in [-0.05, 0) is 69.7 Å². The monoisotopic (exact) mass is 485 g/mol. The molecular weight excluding hydrogens is 450 g/mol. The van der Waals surface area contributed by atoms with Gasteiger partial charge >= 0.3 is 6.09 Å². The lowest BCUT2D eigenvalue weighted by Gasteiger charge is -2.40. The quantitative estimate of drug-likeness (QED) is 0.690. The van der Waals surface area contributed by atoms with Crippen molar-refractivity contribution < 1.29 is 22.7 Å². The number of fused-ring (bicyclic) bond motifs is 1. The average molecular weight is 486 g/mol. The van der Waals surface area contributed by atoms with E-state index in [0.717, 1.165) is 25.7 Å². The zero-order valence-corrected chi connectivity index (χ0v) is 21.0. The van der Waals surface area contributed by atoms with E-state index in [2.05, 4.69) is 5.32 Å². The summed E-state index contributed by atoms with van der Waals surface area (Å²) in [6.07, 6.45) is 3.08. The fourth-order valence-corrected chi connectivity index (χ4v) is 7.85. The highest BCUT2D eigenvalue weighted by Gasteiger charge is 2.48. The van der Waals surface area contributed by atoms with Crippen LogP contribution in [0, 0.1) is 11.8 Å². The van der Waals surface area contributed by atoms with Crippen LogP contribution in [0.3, 0.4) is 0 Å². The van der Waals surface area contributed by atoms with Gasteiger partial charge in [0.15, 0.2) is 0 Å². The van der Waals surface area contributed by atoms with Crippen LogP contribution >= 0.6 is 11.3 Å². The number of rotatable bonds is 5. The molecule has 4 unspecified atom stereocenters. The molecule has 1 N–H and O–H groups in total. The number of likely N-dealkylation sites (N-methyl/N-ethyl adjacent to an activating group) is 1. The fourth-order valence-electron chi connectivity index (χ4n) is 5.17. The number of hydrogen-bond donors (Lipinski definition) is 1. The molecule has 32 heavy (non-hydrogen) atoms. The molecular formula is C22H35N3O5S2. The number of ether oxygens (including phenoxy) is 2. The lowest BCUT2D eigenvalue weighted by atomic mass is 9.97. The van der Waals surface area contributed by atoms with E-state index in [1.54, 1.807) is 33.8 Å². The third-order valence-electron chi connectivity index (χ3n) is 6.76. The van der Waals surface area contributed by atoms with Crippen LogP contribution in [0.15, 0.2) is 21.7 Å². The average Bonchev–Trinajstić information content (AvgIpc) is 3.45. The van der Waals surface area contributed by atoms with E-state index in [1.807, 2.05) is 20.8 Å². The van der Waals surface area contributed by atoms with E-state index >= 15 is 0 Å². The molecule has 2 aliphatic heterocycles. The Balaban J connectivity index is 1.41. The standard InChI is InChI=1S/C22H35N3O5S2/c1-22(2,3)30-21(26)24(4)18-7-5-11-29-20(18)23-17-10-9-15-13-25(14-16(15)17)32(27,28)19-8-6-12-31-19/h6,8,12,15-18,20,23H,5,7,9-11,13-14H2,1-4H3/t15?,16-,17?,18?,20?/m0/s1. The van der Waals surface area contributed by atoms with E-state index in [-0.39, 0.29) is 30.3 Å². The molecule has 3 heterocycles. The highest BCUT2D eigenvalue weighted by Crippen LogP contribution is 2.41. The van der Waals surface area contributed by atoms with Gasteiger partial charge in [0, 0.05) is 32.8 Å². The number of carbonyl (C=O) groups is 1. The minimum Gasteiger partial charge on any atom is -0.444 e. The third kappa shape index (κ3) is 4.99. The van der Waals surface area contributed by atoms with Crippen molar-refractivity contribution in [2.45, 2.75) is 74.6 Å². The Morgan fingerprint density at radius 3 is 2.75 bits per heavy atom. The number of amides is 1. The number of nitrogens with zero attached hydrogens (tertiary/aromatic N) is 2. The Labute approximate surface area is 195 Å². The van der Waals surface area contributed by atoms with Gasteiger partial charge in [-0.3, -0.25) is 5.32 Å². The molecule has 8 nitrogen and oxygen atoms in total. The molecule has 0 spiro atoms. The van der Waals surface area contributed by atoms with Crippen molar-refractivity contribution in [3.8, 4) is 0 Å². The number of carbonyl (C=O) groups excluding carboxylic acids is 1. The van der Waals surface area contributed by atoms with Crippen molar-refractivity contribution in [1.82, 2.24) is 14.5 Å². The van der Waals surface area contributed by atoms with Crippen LogP contribution in [0.5, 0.6) is 0 Å². The Morgan fingerprint density at radius 2 is 2.06 bits per heavy atom. The van der Waals surface area contributed by atoms with Crippen molar-refractivity contribution >= 4 is 27.5 Å². The van der Waals surface area contributed by atoms with Gasteiger partial charge in [-0.2, -0.15) is 4.31 Å². The summed E-state index contributed by atoms with van der Waals surface area (Å²) in [5.41, 5.74) is -0.552. The van der Waals surface area contributed by atoms with Crippen molar-refractivity contribution in [2.24, 2.45) is 11.8 Å². The van der Waals surface area contributed by atoms with Gasteiger partial charge in [-0.1, -0.05) is 6.07 Å². The van der Waals surface area contributed by atoms with Gasteiger partial charge in [0.25, 0.3) is 10.0 Å². The predicted molar refractivity (Wildman–Crippen MR) is 123 cm³/mol. The molecule has 4 rings (SSSR count). The maximum absolute atomic E-state index is 13.0. The van der Waals surface area contributed by atoms with Crippen LogP contribution in [0.25, 0.3) is 0 Å². The van der Waals surface area contributed by atoms with Crippen LogP contribution in [0.1, 0.15) is 46.5 Å². The molecule has 180 valence electrons. The second-order valence-electron chi connectivity index (χ2n) is 10.1. The fraction of sp³-hybridized carbons (Fsp3) is 0.773. The highest BCUT2D eigenvalue weighted by atomic mass is 32.2. The van der Waals surface area contributed by atoms with Gasteiger partial charge < -0.3 is 14.4 Å². The largest absolute Gasteiger partial charge is 0.444 e. The van der Waals surface area contributed by atoms with E-state index in [4.69, 9.17) is 9.47 Å². The SMILES string of the molecule is CN(C(=O)OC(C)(C)C)C1CCCOC1NC1CCC2CN(S(=O)(=O)c3cccs3)C[C@@H]21. The number of thiophene rings is 1. The summed E-state index contributed by atoms with van der Waals surface area (Å²) in [4.78, 5) is 14.3. The summed E-state index contributed by atoms with van der Waals surface area (Å²) in [6.45, 7) is 7.34. The molecule has 0 aromatic carbocycles. The molecule has 1 saturated carbocycles. The number of nitrogens with one attached hydrogen (secondary N) is 1. The molecule has 5 atom stereocenters. The van der Waals surface area contributed by atoms with Crippen LogP contribution < -0.4 is 5.32 Å². The minimum atomic E-state index is -3.42. The van der Waals surface area contributed by atoms with E-state index in [0.29, 0.717) is 29.8 Å². The maximum atomic E-state index is 13.0. The van der Waals surface area contributed by atoms with Crippen molar-refractivity contribution in [3.63, 3.8) is 0 Å². The molecule has 0 bridgehead atoms. The summed E-state index contributed by atoms with van der Waals surface area (Å²) >= 11 is 1.27. The zero-order chi connectivity index (χ0) is 23.1. The second kappa shape index (κ2) is 9.21. The summed E-state index contributed by atoms with van der Waals surface area (Å²) in [6, 6.07) is 3.50. The Hall–Kier alpha value is -1.20. The lowest BCUT2D eigenvalue weighted by Crippen LogP contribution is -2.57. The van der Waals surface area contributed by atoms with E-state index in [1.165, 1.54) is 11.3 Å². The molecule has 0 radical (unpaired) electrons. The summed E-state index contributed by atoms with van der Waals surface area (Å²) in [5.74, 6) is 0.607. The zero-order valence-electron chi connectivity index (χ0n) is 19.3. The summed E-state index contributed by atoms with van der Waals surface area (Å²) < 4.78 is 39.7. The second-order valence-corrected chi connectivity index (χ2v) is 13.2. The highest BCUT2D eigenvalue weighted by molar-refractivity contribution is 7.91. The van der Waals surface area contributed by atoms with Gasteiger partial charge in [0.1, 0.15) is 16.0 Å². The lowest BCUT2D eigenvalue weighted by molar-refractivity contribution is -0.0726. The Kier molecular flexibility index (Phi) is 6.89. The van der Waals surface area contributed by atoms with Gasteiger partial charge in [0.05, 0.1) is 6.04 Å². The molecule has 3 fully saturated rings. The third-order valence-corrected chi connectivity index (χ3v) is 9.97. The number of hydrogen-bond acceptors (Lipinski definition) is 7. The first kappa shape index (κ1) is 23.9. The molecule has 1 aromatic heterocycles. The van der Waals surface area contributed by atoms with Gasteiger partial charge in [0.2, 0.25) is 0 Å². The first-order valence-corrected chi connectivity index (χ1v) is 13.8. The first-order valence-electron chi connectivity index (χ1n) is 11.4. The smallest absolute Gasteiger partial charge is 0.410 e. The van der Waals surface area contributed by atoms with E-state index < -0.39 is 15.6 Å². The van der Waals surface area contributed by atoms with Crippen LogP contribution in [0.2, 0.25) is 0 Å². The van der Waals surface area contributed by atoms with Crippen LogP contribution in [-0.4, -0.2) is 74.4 Å². The van der Waals surface area contributed by atoms with Crippen molar-refractivity contribution in [1.29, 1.82) is 0 Å². The predicted octanol–water partition coefficient (Wildman–Crippen LogP) is 3.11. The molecule has 3 aliphatic rings. The minimum absolute atomic E-state index is 0.120. The Bertz CT molecular complexity index is 899. The normalized spacial score (nSPS) is 31.4. The van der Waals surface area contributed by atoms with Gasteiger partial charge in [-0.25, -0.2) is 13.2 Å². The van der Waals surface area contributed by atoms with Crippen molar-refractivity contribution in [2.75, 3.05) is 26.7 Å². The molecule has 1 amide bonds. The number of sulfonamides is 1. The summed E-state index contributed by atoms with van der Waals surface area (Å²) in [7, 11) is -1.66. The Morgan fingerprint density at radius 1 is 1.28 bits per heavy atom. The topological polar surface area (TPSA) is 88.2 Å². The molecule has 10 heteroatoms.